The van der Waals surface area contributed by atoms with Crippen molar-refractivity contribution >= 4 is 5.91 Å². The Kier molecular flexibility index (Phi) is 4.94. The minimum absolute atomic E-state index is 0.0945. The van der Waals surface area contributed by atoms with Crippen LogP contribution in [0.1, 0.15) is 25.8 Å². The molecule has 1 N–H and O–H groups in total. The van der Waals surface area contributed by atoms with E-state index in [1.54, 1.807) is 6.20 Å². The second-order valence-corrected chi connectivity index (χ2v) is 4.70. The smallest absolute Gasteiger partial charge is 0.251 e. The van der Waals surface area contributed by atoms with Crippen LogP contribution in [0.15, 0.2) is 23.1 Å². The lowest BCUT2D eigenvalue weighted by molar-refractivity contribution is -0.121. The normalized spacial score (nSPS) is 10.6. The maximum atomic E-state index is 11.6. The molecule has 17 heavy (non-hydrogen) atoms. The number of hydrogen-bond acceptors (Lipinski definition) is 2. The van der Waals surface area contributed by atoms with Gasteiger partial charge < -0.3 is 9.88 Å². The number of nitrogens with one attached hydrogen (secondary N) is 1. The summed E-state index contributed by atoms with van der Waals surface area (Å²) in [5, 5.41) is 2.81. The van der Waals surface area contributed by atoms with Crippen molar-refractivity contribution < 1.29 is 4.79 Å². The van der Waals surface area contributed by atoms with Crippen molar-refractivity contribution in [3.8, 4) is 0 Å². The Bertz CT molecular complexity index is 435. The summed E-state index contributed by atoms with van der Waals surface area (Å²) in [5.74, 6) is 0.453. The topological polar surface area (TPSA) is 51.1 Å². The van der Waals surface area contributed by atoms with Gasteiger partial charge in [0.15, 0.2) is 0 Å². The van der Waals surface area contributed by atoms with E-state index in [4.69, 9.17) is 0 Å². The summed E-state index contributed by atoms with van der Waals surface area (Å²) in [6, 6.07) is 3.35. The molecular weight excluding hydrogens is 216 g/mol. The quantitative estimate of drug-likeness (QED) is 0.838. The molecule has 0 aromatic carbocycles. The van der Waals surface area contributed by atoms with Gasteiger partial charge in [0.2, 0.25) is 5.91 Å². The highest BCUT2D eigenvalue weighted by molar-refractivity contribution is 5.75. The molecule has 0 aliphatic heterocycles. The van der Waals surface area contributed by atoms with Gasteiger partial charge in [-0.05, 0) is 30.9 Å². The first kappa shape index (κ1) is 13.5. The van der Waals surface area contributed by atoms with Crippen LogP contribution in [0.4, 0.5) is 0 Å². The zero-order valence-corrected chi connectivity index (χ0v) is 10.7. The van der Waals surface area contributed by atoms with Gasteiger partial charge in [0, 0.05) is 18.8 Å². The molecule has 0 spiro atoms. The summed E-state index contributed by atoms with van der Waals surface area (Å²) in [6.07, 6.45) is 2.61. The van der Waals surface area contributed by atoms with Crippen molar-refractivity contribution in [3.05, 3.63) is 34.2 Å². The summed E-state index contributed by atoms with van der Waals surface area (Å²) in [4.78, 5) is 23.1. The monoisotopic (exact) mass is 236 g/mol. The van der Waals surface area contributed by atoms with Crippen molar-refractivity contribution in [2.24, 2.45) is 5.92 Å². The van der Waals surface area contributed by atoms with Crippen LogP contribution in [0, 0.1) is 12.8 Å². The Hall–Kier alpha value is -1.58. The largest absolute Gasteiger partial charge is 0.355 e. The van der Waals surface area contributed by atoms with Crippen molar-refractivity contribution in [2.75, 3.05) is 6.54 Å². The van der Waals surface area contributed by atoms with E-state index < -0.39 is 0 Å². The molecule has 0 bridgehead atoms. The van der Waals surface area contributed by atoms with Gasteiger partial charge in [0.25, 0.3) is 5.56 Å². The first-order valence-corrected chi connectivity index (χ1v) is 5.93. The molecule has 0 saturated carbocycles. The highest BCUT2D eigenvalue weighted by atomic mass is 16.2. The zero-order valence-electron chi connectivity index (χ0n) is 10.7. The van der Waals surface area contributed by atoms with Crippen LogP contribution in [0.5, 0.6) is 0 Å². The summed E-state index contributed by atoms with van der Waals surface area (Å²) in [7, 11) is 0. The fraction of sp³-hybridized carbons (Fsp3) is 0.538. The second-order valence-electron chi connectivity index (χ2n) is 4.70. The number of rotatable bonds is 5. The van der Waals surface area contributed by atoms with E-state index in [1.165, 1.54) is 10.6 Å². The predicted molar refractivity (Wildman–Crippen MR) is 67.9 cm³/mol. The number of aromatic nitrogens is 1. The lowest BCUT2D eigenvalue weighted by atomic mass is 10.1. The number of aryl methyl sites for hydroxylation is 1. The molecule has 4 nitrogen and oxygen atoms in total. The predicted octanol–water partition coefficient (Wildman–Crippen LogP) is 1.32. The Morgan fingerprint density at radius 1 is 1.47 bits per heavy atom. The average Bonchev–Trinajstić information content (AvgIpc) is 2.21. The molecule has 1 heterocycles. The molecule has 4 heteroatoms. The molecule has 1 aromatic heterocycles. The lowest BCUT2D eigenvalue weighted by Gasteiger charge is -2.08. The van der Waals surface area contributed by atoms with Gasteiger partial charge >= 0.3 is 0 Å². The molecule has 0 aliphatic carbocycles. The zero-order chi connectivity index (χ0) is 12.8. The Morgan fingerprint density at radius 2 is 2.18 bits per heavy atom. The van der Waals surface area contributed by atoms with Crippen LogP contribution >= 0.6 is 0 Å². The molecule has 0 radical (unpaired) electrons. The van der Waals surface area contributed by atoms with Crippen molar-refractivity contribution in [1.29, 1.82) is 0 Å². The van der Waals surface area contributed by atoms with Gasteiger partial charge in [-0.15, -0.1) is 0 Å². The SMILES string of the molecule is Cc1ccn(CC(=O)NCCC(C)C)c(=O)c1. The Balaban J connectivity index is 2.48. The van der Waals surface area contributed by atoms with E-state index in [9.17, 15) is 9.59 Å². The molecule has 0 atom stereocenters. The molecule has 94 valence electrons. The highest BCUT2D eigenvalue weighted by Crippen LogP contribution is 1.96. The second kappa shape index (κ2) is 6.23. The Morgan fingerprint density at radius 3 is 2.76 bits per heavy atom. The van der Waals surface area contributed by atoms with Crippen molar-refractivity contribution in [3.63, 3.8) is 0 Å². The van der Waals surface area contributed by atoms with E-state index in [0.29, 0.717) is 12.5 Å². The number of pyridine rings is 1. The van der Waals surface area contributed by atoms with Gasteiger partial charge in [-0.1, -0.05) is 13.8 Å². The summed E-state index contributed by atoms with van der Waals surface area (Å²) < 4.78 is 1.41. The summed E-state index contributed by atoms with van der Waals surface area (Å²) >= 11 is 0. The summed E-state index contributed by atoms with van der Waals surface area (Å²) in [5.41, 5.74) is 0.774. The lowest BCUT2D eigenvalue weighted by Crippen LogP contribution is -2.32. The van der Waals surface area contributed by atoms with Crippen molar-refractivity contribution in [2.45, 2.75) is 33.7 Å². The first-order chi connectivity index (χ1) is 7.99. The Labute approximate surface area is 102 Å². The van der Waals surface area contributed by atoms with E-state index in [-0.39, 0.29) is 18.0 Å². The maximum Gasteiger partial charge on any atom is 0.251 e. The van der Waals surface area contributed by atoms with Crippen LogP contribution in [0.25, 0.3) is 0 Å². The van der Waals surface area contributed by atoms with Crippen LogP contribution in [0.2, 0.25) is 0 Å². The van der Waals surface area contributed by atoms with Crippen LogP contribution in [0.3, 0.4) is 0 Å². The molecule has 0 saturated heterocycles. The molecule has 1 amide bonds. The van der Waals surface area contributed by atoms with E-state index >= 15 is 0 Å². The van der Waals surface area contributed by atoms with Crippen LogP contribution in [-0.2, 0) is 11.3 Å². The number of carbonyl (C=O) groups is 1. The van der Waals surface area contributed by atoms with Crippen LogP contribution < -0.4 is 10.9 Å². The third kappa shape index (κ3) is 4.85. The maximum absolute atomic E-state index is 11.6. The van der Waals surface area contributed by atoms with E-state index in [1.807, 2.05) is 13.0 Å². The van der Waals surface area contributed by atoms with Gasteiger partial charge in [0.1, 0.15) is 6.54 Å². The molecular formula is C13H20N2O2. The third-order valence-electron chi connectivity index (χ3n) is 2.51. The van der Waals surface area contributed by atoms with Gasteiger partial charge in [0.05, 0.1) is 0 Å². The standard InChI is InChI=1S/C13H20N2O2/c1-10(2)4-6-14-12(16)9-15-7-5-11(3)8-13(15)17/h5,7-8,10H,4,6,9H2,1-3H3,(H,14,16). The molecule has 0 aliphatic rings. The highest BCUT2D eigenvalue weighted by Gasteiger charge is 2.04. The number of carbonyl (C=O) groups excluding carboxylic acids is 1. The number of amides is 1. The van der Waals surface area contributed by atoms with Gasteiger partial charge in [-0.2, -0.15) is 0 Å². The third-order valence-corrected chi connectivity index (χ3v) is 2.51. The number of hydrogen-bond donors (Lipinski definition) is 1. The molecule has 1 rings (SSSR count). The fourth-order valence-electron chi connectivity index (χ4n) is 1.45. The molecule has 1 aromatic rings. The van der Waals surface area contributed by atoms with Crippen LogP contribution in [-0.4, -0.2) is 17.0 Å². The van der Waals surface area contributed by atoms with Gasteiger partial charge in [-0.3, -0.25) is 9.59 Å². The summed E-state index contributed by atoms with van der Waals surface area (Å²) in [6.45, 7) is 6.83. The molecule has 0 unspecified atom stereocenters. The van der Waals surface area contributed by atoms with Crippen molar-refractivity contribution in [1.82, 2.24) is 9.88 Å². The fourth-order valence-corrected chi connectivity index (χ4v) is 1.45. The minimum atomic E-state index is -0.135. The number of nitrogens with zero attached hydrogens (tertiary/aromatic N) is 1. The minimum Gasteiger partial charge on any atom is -0.355 e. The van der Waals surface area contributed by atoms with E-state index in [2.05, 4.69) is 19.2 Å². The average molecular weight is 236 g/mol. The van der Waals surface area contributed by atoms with Gasteiger partial charge in [-0.25, -0.2) is 0 Å². The first-order valence-electron chi connectivity index (χ1n) is 5.93. The molecule has 0 fully saturated rings. The van der Waals surface area contributed by atoms with E-state index in [0.717, 1.165) is 12.0 Å².